The number of nitrogens with zero attached hydrogens (tertiary/aromatic N) is 2. The summed E-state index contributed by atoms with van der Waals surface area (Å²) in [4.78, 5) is 0. The summed E-state index contributed by atoms with van der Waals surface area (Å²) in [6.07, 6.45) is 0. The first kappa shape index (κ1) is 16.2. The Morgan fingerprint density at radius 2 is 1.42 bits per heavy atom. The predicted molar refractivity (Wildman–Crippen MR) is 106 cm³/mol. The molecular formula is C23H20N2O. The minimum Gasteiger partial charge on any atom is -0.497 e. The van der Waals surface area contributed by atoms with Crippen LogP contribution < -0.4 is 4.74 Å². The molecule has 26 heavy (non-hydrogen) atoms. The number of aromatic nitrogens is 2. The van der Waals surface area contributed by atoms with Crippen LogP contribution in [0.25, 0.3) is 28.2 Å². The first-order valence-electron chi connectivity index (χ1n) is 8.61. The highest BCUT2D eigenvalue weighted by Gasteiger charge is 2.13. The Kier molecular flexibility index (Phi) is 4.28. The van der Waals surface area contributed by atoms with Crippen LogP contribution in [0.2, 0.25) is 0 Å². The van der Waals surface area contributed by atoms with E-state index in [0.29, 0.717) is 0 Å². The molecule has 4 rings (SSSR count). The van der Waals surface area contributed by atoms with E-state index < -0.39 is 0 Å². The minimum atomic E-state index is 0.843. The lowest BCUT2D eigenvalue weighted by atomic mass is 10.1. The molecule has 0 N–H and O–H groups in total. The normalized spacial score (nSPS) is 10.7. The molecule has 0 saturated carbocycles. The fourth-order valence-electron chi connectivity index (χ4n) is 2.98. The molecule has 3 aromatic carbocycles. The number of aryl methyl sites for hydroxylation is 1. The van der Waals surface area contributed by atoms with E-state index in [4.69, 9.17) is 9.84 Å². The van der Waals surface area contributed by atoms with Crippen LogP contribution in [-0.2, 0) is 0 Å². The largest absolute Gasteiger partial charge is 0.497 e. The Balaban J connectivity index is 1.85. The molecule has 0 aliphatic heterocycles. The zero-order valence-corrected chi connectivity index (χ0v) is 14.9. The Morgan fingerprint density at radius 3 is 2.08 bits per heavy atom. The van der Waals surface area contributed by atoms with E-state index in [9.17, 15) is 0 Å². The molecule has 128 valence electrons. The molecule has 0 fully saturated rings. The number of hydrogen-bond donors (Lipinski definition) is 0. The van der Waals surface area contributed by atoms with Crippen LogP contribution in [0.4, 0.5) is 0 Å². The number of benzene rings is 3. The molecular weight excluding hydrogens is 320 g/mol. The molecule has 0 aliphatic rings. The van der Waals surface area contributed by atoms with E-state index in [1.54, 1.807) is 7.11 Å². The van der Waals surface area contributed by atoms with Gasteiger partial charge < -0.3 is 4.74 Å². The van der Waals surface area contributed by atoms with Crippen molar-refractivity contribution in [2.45, 2.75) is 6.92 Å². The van der Waals surface area contributed by atoms with E-state index in [-0.39, 0.29) is 0 Å². The van der Waals surface area contributed by atoms with Crippen molar-refractivity contribution in [3.63, 3.8) is 0 Å². The lowest BCUT2D eigenvalue weighted by Gasteiger charge is -2.07. The van der Waals surface area contributed by atoms with E-state index in [1.807, 2.05) is 47.1 Å². The highest BCUT2D eigenvalue weighted by atomic mass is 16.5. The third-order valence-corrected chi connectivity index (χ3v) is 4.44. The van der Waals surface area contributed by atoms with Gasteiger partial charge in [-0.15, -0.1) is 0 Å². The molecule has 0 spiro atoms. The van der Waals surface area contributed by atoms with Gasteiger partial charge >= 0.3 is 0 Å². The van der Waals surface area contributed by atoms with Crippen molar-refractivity contribution < 1.29 is 4.74 Å². The van der Waals surface area contributed by atoms with Crippen molar-refractivity contribution in [3.05, 3.63) is 90.5 Å². The number of rotatable bonds is 4. The van der Waals surface area contributed by atoms with Gasteiger partial charge in [0.25, 0.3) is 0 Å². The number of methoxy groups -OCH3 is 1. The SMILES string of the molecule is COc1ccc(-c2cc(-c3ccc(C)cc3)n(-c3ccccc3)n2)cc1. The van der Waals surface area contributed by atoms with E-state index in [1.165, 1.54) is 5.56 Å². The average molecular weight is 340 g/mol. The highest BCUT2D eigenvalue weighted by molar-refractivity contribution is 5.71. The Labute approximate surface area is 153 Å². The van der Waals surface area contributed by atoms with Gasteiger partial charge in [-0.2, -0.15) is 5.10 Å². The van der Waals surface area contributed by atoms with Crippen LogP contribution in [0.5, 0.6) is 5.75 Å². The summed E-state index contributed by atoms with van der Waals surface area (Å²) in [5.74, 6) is 0.843. The lowest BCUT2D eigenvalue weighted by molar-refractivity contribution is 0.415. The van der Waals surface area contributed by atoms with Crippen LogP contribution in [0.15, 0.2) is 84.9 Å². The van der Waals surface area contributed by atoms with E-state index in [0.717, 1.165) is 34.0 Å². The molecule has 1 aromatic heterocycles. The van der Waals surface area contributed by atoms with E-state index in [2.05, 4.69) is 49.4 Å². The lowest BCUT2D eigenvalue weighted by Crippen LogP contribution is -1.98. The highest BCUT2D eigenvalue weighted by Crippen LogP contribution is 2.29. The molecule has 3 nitrogen and oxygen atoms in total. The van der Waals surface area contributed by atoms with Crippen LogP contribution in [-0.4, -0.2) is 16.9 Å². The Bertz CT molecular complexity index is 1000. The molecule has 3 heteroatoms. The molecule has 0 saturated heterocycles. The maximum atomic E-state index is 5.26. The summed E-state index contributed by atoms with van der Waals surface area (Å²) in [6, 6.07) is 28.9. The molecule has 1 heterocycles. The topological polar surface area (TPSA) is 27.1 Å². The van der Waals surface area contributed by atoms with Crippen molar-refractivity contribution in [3.8, 4) is 34.0 Å². The summed E-state index contributed by atoms with van der Waals surface area (Å²) in [5.41, 5.74) is 6.51. The van der Waals surface area contributed by atoms with Crippen molar-refractivity contribution in [1.29, 1.82) is 0 Å². The Morgan fingerprint density at radius 1 is 0.769 bits per heavy atom. The van der Waals surface area contributed by atoms with Crippen molar-refractivity contribution >= 4 is 0 Å². The average Bonchev–Trinajstić information content (AvgIpc) is 3.15. The van der Waals surface area contributed by atoms with Gasteiger partial charge in [-0.25, -0.2) is 4.68 Å². The van der Waals surface area contributed by atoms with Gasteiger partial charge in [-0.3, -0.25) is 0 Å². The van der Waals surface area contributed by atoms with Crippen LogP contribution in [0.3, 0.4) is 0 Å². The van der Waals surface area contributed by atoms with Gasteiger partial charge in [0.1, 0.15) is 5.75 Å². The quantitative estimate of drug-likeness (QED) is 0.489. The molecule has 4 aromatic rings. The second kappa shape index (κ2) is 6.89. The van der Waals surface area contributed by atoms with Crippen molar-refractivity contribution in [2.24, 2.45) is 0 Å². The van der Waals surface area contributed by atoms with Gasteiger partial charge in [0.2, 0.25) is 0 Å². The number of ether oxygens (including phenoxy) is 1. The van der Waals surface area contributed by atoms with Crippen LogP contribution in [0, 0.1) is 6.92 Å². The standard InChI is InChI=1S/C23H20N2O/c1-17-8-10-19(11-9-17)23-16-22(18-12-14-21(26-2)15-13-18)24-25(23)20-6-4-3-5-7-20/h3-16H,1-2H3. The first-order chi connectivity index (χ1) is 12.7. The summed E-state index contributed by atoms with van der Waals surface area (Å²) < 4.78 is 7.26. The molecule has 0 atom stereocenters. The second-order valence-electron chi connectivity index (χ2n) is 6.26. The molecule has 0 bridgehead atoms. The monoisotopic (exact) mass is 340 g/mol. The third-order valence-electron chi connectivity index (χ3n) is 4.44. The molecule has 0 unspecified atom stereocenters. The summed E-state index contributed by atoms with van der Waals surface area (Å²) in [6.45, 7) is 2.10. The Hall–Kier alpha value is -3.33. The van der Waals surface area contributed by atoms with Crippen LogP contribution >= 0.6 is 0 Å². The van der Waals surface area contributed by atoms with Gasteiger partial charge in [0.05, 0.1) is 24.2 Å². The maximum Gasteiger partial charge on any atom is 0.118 e. The van der Waals surface area contributed by atoms with Crippen molar-refractivity contribution in [2.75, 3.05) is 7.11 Å². The maximum absolute atomic E-state index is 5.26. The summed E-state index contributed by atoms with van der Waals surface area (Å²) in [5, 5.41) is 4.88. The predicted octanol–water partition coefficient (Wildman–Crippen LogP) is 5.52. The molecule has 0 amide bonds. The smallest absolute Gasteiger partial charge is 0.118 e. The first-order valence-corrected chi connectivity index (χ1v) is 8.61. The second-order valence-corrected chi connectivity index (χ2v) is 6.26. The fourth-order valence-corrected chi connectivity index (χ4v) is 2.98. The van der Waals surface area contributed by atoms with Gasteiger partial charge in [-0.05, 0) is 49.4 Å². The van der Waals surface area contributed by atoms with Crippen LogP contribution in [0.1, 0.15) is 5.56 Å². The summed E-state index contributed by atoms with van der Waals surface area (Å²) in [7, 11) is 1.68. The molecule has 0 aliphatic carbocycles. The fraction of sp³-hybridized carbons (Fsp3) is 0.0870. The zero-order chi connectivity index (χ0) is 17.9. The summed E-state index contributed by atoms with van der Waals surface area (Å²) >= 11 is 0. The third kappa shape index (κ3) is 3.11. The van der Waals surface area contributed by atoms with Gasteiger partial charge in [0.15, 0.2) is 0 Å². The molecule has 0 radical (unpaired) electrons. The van der Waals surface area contributed by atoms with Gasteiger partial charge in [-0.1, -0.05) is 48.0 Å². The van der Waals surface area contributed by atoms with Gasteiger partial charge in [0, 0.05) is 11.1 Å². The van der Waals surface area contributed by atoms with Crippen molar-refractivity contribution in [1.82, 2.24) is 9.78 Å². The minimum absolute atomic E-state index is 0.843. The zero-order valence-electron chi connectivity index (χ0n) is 14.9. The van der Waals surface area contributed by atoms with E-state index >= 15 is 0 Å². The number of para-hydroxylation sites is 1. The number of hydrogen-bond acceptors (Lipinski definition) is 2.